The number of fused-ring (bicyclic) bond motifs is 2. The van der Waals surface area contributed by atoms with E-state index in [4.69, 9.17) is 9.47 Å². The van der Waals surface area contributed by atoms with Crippen LogP contribution in [-0.2, 0) is 30.5 Å². The summed E-state index contributed by atoms with van der Waals surface area (Å²) >= 11 is 0. The summed E-state index contributed by atoms with van der Waals surface area (Å²) < 4.78 is 11.3. The van der Waals surface area contributed by atoms with Crippen LogP contribution in [0.15, 0.2) is 36.5 Å². The summed E-state index contributed by atoms with van der Waals surface area (Å²) in [6.45, 7) is 3.08. The van der Waals surface area contributed by atoms with Crippen LogP contribution in [-0.4, -0.2) is 59.8 Å². The number of carbonyl (C=O) groups excluding carboxylic acids is 1. The van der Waals surface area contributed by atoms with Gasteiger partial charge in [-0.3, -0.25) is 14.8 Å². The third-order valence-corrected chi connectivity index (χ3v) is 6.42. The fourth-order valence-electron chi connectivity index (χ4n) is 4.95. The van der Waals surface area contributed by atoms with Crippen LogP contribution in [0.2, 0.25) is 0 Å². The lowest BCUT2D eigenvalue weighted by Crippen LogP contribution is -2.39. The van der Waals surface area contributed by atoms with Gasteiger partial charge in [0.25, 0.3) is 0 Å². The topological polar surface area (TPSA) is 54.9 Å². The van der Waals surface area contributed by atoms with Crippen LogP contribution >= 0.6 is 0 Å². The van der Waals surface area contributed by atoms with Gasteiger partial charge in [0.05, 0.1) is 13.2 Å². The SMILES string of the molecule is COc1cc2c(cc1CN1C[C@@H]3OC(=O)N(CCc4ccccn4)[C@@H]3C1)CCC2. The Bertz CT molecular complexity index is 902. The first-order valence-electron chi connectivity index (χ1n) is 10.5. The second-order valence-electron chi connectivity index (χ2n) is 8.23. The van der Waals surface area contributed by atoms with Crippen LogP contribution in [0.1, 0.15) is 28.8 Å². The smallest absolute Gasteiger partial charge is 0.410 e. The molecule has 5 rings (SSSR count). The highest BCUT2D eigenvalue weighted by Crippen LogP contribution is 2.33. The number of nitrogens with zero attached hydrogens (tertiary/aromatic N) is 3. The molecule has 0 saturated carbocycles. The van der Waals surface area contributed by atoms with Gasteiger partial charge < -0.3 is 9.47 Å². The van der Waals surface area contributed by atoms with E-state index in [1.165, 1.54) is 23.1 Å². The minimum Gasteiger partial charge on any atom is -0.496 e. The Labute approximate surface area is 171 Å². The molecule has 152 valence electrons. The number of likely N-dealkylation sites (tertiary alicyclic amines) is 1. The summed E-state index contributed by atoms with van der Waals surface area (Å²) in [4.78, 5) is 21.0. The van der Waals surface area contributed by atoms with Gasteiger partial charge in [0.15, 0.2) is 0 Å². The molecule has 6 nitrogen and oxygen atoms in total. The Morgan fingerprint density at radius 1 is 1.21 bits per heavy atom. The maximum Gasteiger partial charge on any atom is 0.410 e. The quantitative estimate of drug-likeness (QED) is 0.755. The average molecular weight is 393 g/mol. The Hall–Kier alpha value is -2.60. The molecule has 0 N–H and O–H groups in total. The van der Waals surface area contributed by atoms with E-state index in [0.29, 0.717) is 6.54 Å². The van der Waals surface area contributed by atoms with Crippen molar-refractivity contribution < 1.29 is 14.3 Å². The summed E-state index contributed by atoms with van der Waals surface area (Å²) in [7, 11) is 1.75. The summed E-state index contributed by atoms with van der Waals surface area (Å²) in [6, 6.07) is 10.5. The van der Waals surface area contributed by atoms with Crippen molar-refractivity contribution in [3.05, 3.63) is 58.9 Å². The van der Waals surface area contributed by atoms with Gasteiger partial charge in [-0.1, -0.05) is 12.1 Å². The third kappa shape index (κ3) is 3.57. The van der Waals surface area contributed by atoms with Gasteiger partial charge in [0.1, 0.15) is 11.9 Å². The zero-order chi connectivity index (χ0) is 19.8. The molecule has 2 fully saturated rings. The van der Waals surface area contributed by atoms with Crippen molar-refractivity contribution in [1.29, 1.82) is 0 Å². The van der Waals surface area contributed by atoms with Crippen molar-refractivity contribution in [1.82, 2.24) is 14.8 Å². The van der Waals surface area contributed by atoms with Crippen molar-refractivity contribution >= 4 is 6.09 Å². The number of hydrogen-bond donors (Lipinski definition) is 0. The number of rotatable bonds is 6. The van der Waals surface area contributed by atoms with Gasteiger partial charge in [-0.05, 0) is 48.6 Å². The predicted molar refractivity (Wildman–Crippen MR) is 109 cm³/mol. The molecular formula is C23H27N3O3. The van der Waals surface area contributed by atoms with Gasteiger partial charge in [-0.2, -0.15) is 0 Å². The van der Waals surface area contributed by atoms with Crippen LogP contribution in [0.4, 0.5) is 4.79 Å². The number of benzene rings is 1. The molecule has 29 heavy (non-hydrogen) atoms. The molecule has 0 radical (unpaired) electrons. The van der Waals surface area contributed by atoms with Crippen molar-refractivity contribution in [3.63, 3.8) is 0 Å². The standard InChI is InChI=1S/C23H27N3O3/c1-28-21-12-17-6-4-5-16(17)11-18(21)13-25-14-20-22(15-25)29-23(27)26(20)10-8-19-7-2-3-9-24-19/h2-3,7,9,11-12,20,22H,4-6,8,10,13-15H2,1H3/t20-,22+/m1/s1. The van der Waals surface area contributed by atoms with Crippen LogP contribution in [0.3, 0.4) is 0 Å². The van der Waals surface area contributed by atoms with E-state index in [2.05, 4.69) is 22.0 Å². The van der Waals surface area contributed by atoms with E-state index in [9.17, 15) is 4.79 Å². The molecule has 1 amide bonds. The summed E-state index contributed by atoms with van der Waals surface area (Å²) in [5, 5.41) is 0. The second kappa shape index (κ2) is 7.67. The normalized spacial score (nSPS) is 23.2. The van der Waals surface area contributed by atoms with Gasteiger partial charge in [0, 0.05) is 50.1 Å². The average Bonchev–Trinajstić information content (AvgIpc) is 3.41. The zero-order valence-electron chi connectivity index (χ0n) is 16.8. The van der Waals surface area contributed by atoms with Gasteiger partial charge >= 0.3 is 6.09 Å². The van der Waals surface area contributed by atoms with Crippen molar-refractivity contribution in [3.8, 4) is 5.75 Å². The highest BCUT2D eigenvalue weighted by atomic mass is 16.6. The zero-order valence-corrected chi connectivity index (χ0v) is 16.8. The first kappa shape index (κ1) is 18.4. The van der Waals surface area contributed by atoms with E-state index in [-0.39, 0.29) is 18.2 Å². The maximum absolute atomic E-state index is 12.3. The van der Waals surface area contributed by atoms with Crippen LogP contribution in [0, 0.1) is 0 Å². The summed E-state index contributed by atoms with van der Waals surface area (Å²) in [6.07, 6.45) is 5.85. The largest absolute Gasteiger partial charge is 0.496 e. The fourth-order valence-corrected chi connectivity index (χ4v) is 4.95. The Morgan fingerprint density at radius 3 is 2.86 bits per heavy atom. The van der Waals surface area contributed by atoms with Crippen LogP contribution in [0.25, 0.3) is 0 Å². The molecule has 2 saturated heterocycles. The minimum atomic E-state index is -0.189. The van der Waals surface area contributed by atoms with Crippen LogP contribution < -0.4 is 4.74 Å². The molecule has 1 aromatic carbocycles. The molecule has 6 heteroatoms. The Morgan fingerprint density at radius 2 is 2.07 bits per heavy atom. The minimum absolute atomic E-state index is 0.0494. The highest BCUT2D eigenvalue weighted by molar-refractivity contribution is 5.71. The molecular weight excluding hydrogens is 366 g/mol. The molecule has 0 spiro atoms. The number of aromatic nitrogens is 1. The second-order valence-corrected chi connectivity index (χ2v) is 8.23. The Balaban J connectivity index is 1.26. The van der Waals surface area contributed by atoms with Gasteiger partial charge in [-0.25, -0.2) is 4.79 Å². The predicted octanol–water partition coefficient (Wildman–Crippen LogP) is 2.83. The van der Waals surface area contributed by atoms with E-state index in [1.54, 1.807) is 13.3 Å². The first-order valence-corrected chi connectivity index (χ1v) is 10.5. The van der Waals surface area contributed by atoms with Gasteiger partial charge in [0.2, 0.25) is 0 Å². The first-order chi connectivity index (χ1) is 14.2. The lowest BCUT2D eigenvalue weighted by molar-refractivity contribution is 0.120. The molecule has 2 aliphatic heterocycles. The number of carbonyl (C=O) groups is 1. The van der Waals surface area contributed by atoms with Gasteiger partial charge in [-0.15, -0.1) is 0 Å². The molecule has 0 bridgehead atoms. The number of ether oxygens (including phenoxy) is 2. The lowest BCUT2D eigenvalue weighted by atomic mass is 10.0. The molecule has 2 atom stereocenters. The summed E-state index contributed by atoms with van der Waals surface area (Å²) in [5.74, 6) is 0.978. The molecule has 1 aliphatic carbocycles. The number of methoxy groups -OCH3 is 1. The summed E-state index contributed by atoms with van der Waals surface area (Å²) in [5.41, 5.74) is 5.13. The molecule has 3 aliphatic rings. The van der Waals surface area contributed by atoms with Crippen molar-refractivity contribution in [2.75, 3.05) is 26.7 Å². The maximum atomic E-state index is 12.3. The molecule has 1 aromatic heterocycles. The highest BCUT2D eigenvalue weighted by Gasteiger charge is 2.47. The van der Waals surface area contributed by atoms with Crippen LogP contribution in [0.5, 0.6) is 5.75 Å². The van der Waals surface area contributed by atoms with E-state index >= 15 is 0 Å². The lowest BCUT2D eigenvalue weighted by Gasteiger charge is -2.23. The van der Waals surface area contributed by atoms with E-state index in [0.717, 1.165) is 50.3 Å². The van der Waals surface area contributed by atoms with Crippen molar-refractivity contribution in [2.45, 2.75) is 44.4 Å². The fraction of sp³-hybridized carbons (Fsp3) is 0.478. The Kier molecular flexibility index (Phi) is 4.87. The van der Waals surface area contributed by atoms with Crippen molar-refractivity contribution in [2.24, 2.45) is 0 Å². The molecule has 0 unspecified atom stereocenters. The van der Waals surface area contributed by atoms with E-state index < -0.39 is 0 Å². The number of hydrogen-bond acceptors (Lipinski definition) is 5. The number of pyridine rings is 1. The third-order valence-electron chi connectivity index (χ3n) is 6.42. The number of amides is 1. The number of aryl methyl sites for hydroxylation is 2. The van der Waals surface area contributed by atoms with E-state index in [1.807, 2.05) is 23.1 Å². The monoisotopic (exact) mass is 393 g/mol. The molecule has 3 heterocycles. The molecule has 2 aromatic rings.